The summed E-state index contributed by atoms with van der Waals surface area (Å²) in [5, 5.41) is 12.8. The summed E-state index contributed by atoms with van der Waals surface area (Å²) in [6, 6.07) is 9.78. The lowest BCUT2D eigenvalue weighted by Crippen LogP contribution is -2.35. The predicted octanol–water partition coefficient (Wildman–Crippen LogP) is 0.837. The zero-order valence-electron chi connectivity index (χ0n) is 11.0. The topological polar surface area (TPSA) is 73.9 Å². The molecule has 1 atom stereocenters. The van der Waals surface area contributed by atoms with E-state index in [1.807, 2.05) is 49.3 Å². The summed E-state index contributed by atoms with van der Waals surface area (Å²) < 4.78 is 0. The maximum atomic E-state index is 12.0. The Bertz CT molecular complexity index is 509. The van der Waals surface area contributed by atoms with Crippen molar-refractivity contribution < 1.29 is 4.79 Å². The summed E-state index contributed by atoms with van der Waals surface area (Å²) in [7, 11) is 3.94. The fourth-order valence-electron chi connectivity index (χ4n) is 1.83. The molecule has 1 amide bonds. The van der Waals surface area contributed by atoms with Gasteiger partial charge in [-0.2, -0.15) is 15.4 Å². The second-order valence-electron chi connectivity index (χ2n) is 4.55. The smallest absolute Gasteiger partial charge is 0.273 e. The Morgan fingerprint density at radius 1 is 1.37 bits per heavy atom. The first-order valence-electron chi connectivity index (χ1n) is 6.03. The van der Waals surface area contributed by atoms with Gasteiger partial charge >= 0.3 is 0 Å². The number of likely N-dealkylation sites (N-methyl/N-ethyl adjacent to an activating group) is 1. The second-order valence-corrected chi connectivity index (χ2v) is 4.55. The van der Waals surface area contributed by atoms with Crippen LogP contribution >= 0.6 is 0 Å². The van der Waals surface area contributed by atoms with Crippen LogP contribution in [0, 0.1) is 0 Å². The molecule has 0 aliphatic rings. The number of amides is 1. The third-order valence-corrected chi connectivity index (χ3v) is 2.70. The van der Waals surface area contributed by atoms with E-state index in [2.05, 4.69) is 20.7 Å². The van der Waals surface area contributed by atoms with Gasteiger partial charge in [-0.3, -0.25) is 4.79 Å². The van der Waals surface area contributed by atoms with Crippen molar-refractivity contribution in [2.45, 2.75) is 6.04 Å². The normalized spacial score (nSPS) is 12.4. The molecule has 0 aliphatic heterocycles. The minimum atomic E-state index is -0.232. The summed E-state index contributed by atoms with van der Waals surface area (Å²) in [5.74, 6) is -0.232. The van der Waals surface area contributed by atoms with E-state index in [4.69, 9.17) is 0 Å². The highest BCUT2D eigenvalue weighted by atomic mass is 16.2. The second kappa shape index (κ2) is 6.10. The van der Waals surface area contributed by atoms with Crippen molar-refractivity contribution in [3.05, 3.63) is 47.8 Å². The predicted molar refractivity (Wildman–Crippen MR) is 71.6 cm³/mol. The molecule has 1 aromatic heterocycles. The molecule has 1 aromatic carbocycles. The van der Waals surface area contributed by atoms with E-state index in [0.29, 0.717) is 12.2 Å². The van der Waals surface area contributed by atoms with Crippen molar-refractivity contribution in [3.63, 3.8) is 0 Å². The fraction of sp³-hybridized carbons (Fsp3) is 0.308. The van der Waals surface area contributed by atoms with E-state index in [-0.39, 0.29) is 11.9 Å². The van der Waals surface area contributed by atoms with Gasteiger partial charge in [-0.05, 0) is 19.7 Å². The highest BCUT2D eigenvalue weighted by Gasteiger charge is 2.17. The molecule has 1 heterocycles. The summed E-state index contributed by atoms with van der Waals surface area (Å²) in [5.41, 5.74) is 1.35. The quantitative estimate of drug-likeness (QED) is 0.834. The van der Waals surface area contributed by atoms with Crippen LogP contribution in [0.25, 0.3) is 0 Å². The SMILES string of the molecule is CN(C)CC(NC(=O)c1cn[nH]n1)c1ccccc1. The Morgan fingerprint density at radius 2 is 2.11 bits per heavy atom. The van der Waals surface area contributed by atoms with Crippen molar-refractivity contribution in [2.75, 3.05) is 20.6 Å². The Balaban J connectivity index is 2.13. The number of aromatic amines is 1. The number of aromatic nitrogens is 3. The number of H-pyrrole nitrogens is 1. The lowest BCUT2D eigenvalue weighted by atomic mass is 10.1. The Hall–Kier alpha value is -2.21. The molecule has 2 rings (SSSR count). The molecule has 0 fully saturated rings. The Morgan fingerprint density at radius 3 is 2.68 bits per heavy atom. The van der Waals surface area contributed by atoms with Gasteiger partial charge in [-0.15, -0.1) is 0 Å². The van der Waals surface area contributed by atoms with Crippen molar-refractivity contribution in [1.82, 2.24) is 25.6 Å². The van der Waals surface area contributed by atoms with Gasteiger partial charge in [-0.25, -0.2) is 0 Å². The van der Waals surface area contributed by atoms with Crippen molar-refractivity contribution in [2.24, 2.45) is 0 Å². The first-order valence-corrected chi connectivity index (χ1v) is 6.03. The fourth-order valence-corrected chi connectivity index (χ4v) is 1.83. The highest BCUT2D eigenvalue weighted by Crippen LogP contribution is 2.13. The molecule has 6 nitrogen and oxygen atoms in total. The molecule has 0 saturated heterocycles. The van der Waals surface area contributed by atoms with E-state index in [9.17, 15) is 4.79 Å². The molecule has 2 aromatic rings. The largest absolute Gasteiger partial charge is 0.342 e. The lowest BCUT2D eigenvalue weighted by Gasteiger charge is -2.22. The number of rotatable bonds is 5. The molecule has 2 N–H and O–H groups in total. The van der Waals surface area contributed by atoms with Gasteiger partial charge in [-0.1, -0.05) is 30.3 Å². The van der Waals surface area contributed by atoms with Crippen LogP contribution in [0.2, 0.25) is 0 Å². The molecule has 0 radical (unpaired) electrons. The number of hydrogen-bond donors (Lipinski definition) is 2. The van der Waals surface area contributed by atoms with Gasteiger partial charge in [0.15, 0.2) is 5.69 Å². The van der Waals surface area contributed by atoms with Gasteiger partial charge in [0.1, 0.15) is 0 Å². The molecule has 19 heavy (non-hydrogen) atoms. The van der Waals surface area contributed by atoms with Crippen LogP contribution in [0.5, 0.6) is 0 Å². The Labute approximate surface area is 111 Å². The van der Waals surface area contributed by atoms with Crippen LogP contribution in [0.3, 0.4) is 0 Å². The van der Waals surface area contributed by atoms with Crippen molar-refractivity contribution in [1.29, 1.82) is 0 Å². The van der Waals surface area contributed by atoms with E-state index in [1.54, 1.807) is 0 Å². The molecule has 0 aliphatic carbocycles. The van der Waals surface area contributed by atoms with E-state index in [1.165, 1.54) is 6.20 Å². The zero-order valence-corrected chi connectivity index (χ0v) is 11.0. The summed E-state index contributed by atoms with van der Waals surface area (Å²) in [4.78, 5) is 14.0. The molecule has 6 heteroatoms. The van der Waals surface area contributed by atoms with Crippen LogP contribution in [0.4, 0.5) is 0 Å². The number of carbonyl (C=O) groups excluding carboxylic acids is 1. The zero-order chi connectivity index (χ0) is 13.7. The van der Waals surface area contributed by atoms with Crippen LogP contribution < -0.4 is 5.32 Å². The van der Waals surface area contributed by atoms with Gasteiger partial charge in [0.2, 0.25) is 0 Å². The molecule has 0 bridgehead atoms. The molecular weight excluding hydrogens is 242 g/mol. The summed E-state index contributed by atoms with van der Waals surface area (Å²) >= 11 is 0. The Kier molecular flexibility index (Phi) is 4.25. The minimum Gasteiger partial charge on any atom is -0.342 e. The van der Waals surface area contributed by atoms with Crippen molar-refractivity contribution >= 4 is 5.91 Å². The molecule has 0 spiro atoms. The lowest BCUT2D eigenvalue weighted by molar-refractivity contribution is 0.0925. The maximum absolute atomic E-state index is 12.0. The van der Waals surface area contributed by atoms with E-state index >= 15 is 0 Å². The number of benzene rings is 1. The third kappa shape index (κ3) is 3.62. The summed E-state index contributed by atoms with van der Waals surface area (Å²) in [6.45, 7) is 0.716. The average Bonchev–Trinajstić information content (AvgIpc) is 2.92. The minimum absolute atomic E-state index is 0.0830. The first kappa shape index (κ1) is 13.2. The number of hydrogen-bond acceptors (Lipinski definition) is 4. The number of carbonyl (C=O) groups is 1. The van der Waals surface area contributed by atoms with Crippen LogP contribution in [0.15, 0.2) is 36.5 Å². The van der Waals surface area contributed by atoms with Crippen LogP contribution in [0.1, 0.15) is 22.1 Å². The van der Waals surface area contributed by atoms with Gasteiger partial charge < -0.3 is 10.2 Å². The first-order chi connectivity index (χ1) is 9.16. The summed E-state index contributed by atoms with van der Waals surface area (Å²) in [6.07, 6.45) is 1.41. The highest BCUT2D eigenvalue weighted by molar-refractivity contribution is 5.92. The van der Waals surface area contributed by atoms with Gasteiger partial charge in [0, 0.05) is 6.54 Å². The number of nitrogens with zero attached hydrogens (tertiary/aromatic N) is 3. The monoisotopic (exact) mass is 259 g/mol. The van der Waals surface area contributed by atoms with E-state index < -0.39 is 0 Å². The third-order valence-electron chi connectivity index (χ3n) is 2.70. The molecule has 0 saturated carbocycles. The number of nitrogens with one attached hydrogen (secondary N) is 2. The molecule has 1 unspecified atom stereocenters. The van der Waals surface area contributed by atoms with Crippen LogP contribution in [-0.4, -0.2) is 46.9 Å². The standard InChI is InChI=1S/C13H17N5O/c1-18(2)9-12(10-6-4-3-5-7-10)15-13(19)11-8-14-17-16-11/h3-8,12H,9H2,1-2H3,(H,15,19)(H,14,16,17). The molecular formula is C13H17N5O. The van der Waals surface area contributed by atoms with Crippen molar-refractivity contribution in [3.8, 4) is 0 Å². The molecule has 100 valence electrons. The average molecular weight is 259 g/mol. The maximum Gasteiger partial charge on any atom is 0.273 e. The van der Waals surface area contributed by atoms with Gasteiger partial charge in [0.25, 0.3) is 5.91 Å². The van der Waals surface area contributed by atoms with E-state index in [0.717, 1.165) is 5.56 Å². The van der Waals surface area contributed by atoms with Gasteiger partial charge in [0.05, 0.1) is 12.2 Å². The van der Waals surface area contributed by atoms with Crippen LogP contribution in [-0.2, 0) is 0 Å².